The lowest BCUT2D eigenvalue weighted by molar-refractivity contribution is -0.339. The number of hydrogen-bond acceptors (Lipinski definition) is 15. The van der Waals surface area contributed by atoms with Crippen LogP contribution in [0.3, 0.4) is 0 Å². The van der Waals surface area contributed by atoms with Crippen LogP contribution in [0.2, 0.25) is 0 Å². The second-order valence-corrected chi connectivity index (χ2v) is 10.0. The van der Waals surface area contributed by atoms with E-state index in [9.17, 15) is 43.2 Å². The number of hydrogen-bond donors (Lipinski definition) is 2. The van der Waals surface area contributed by atoms with Gasteiger partial charge in [-0.15, -0.1) is 0 Å². The van der Waals surface area contributed by atoms with Crippen LogP contribution in [-0.2, 0) is 31.6 Å². The summed E-state index contributed by atoms with van der Waals surface area (Å²) >= 11 is 0. The van der Waals surface area contributed by atoms with Gasteiger partial charge in [-0.2, -0.15) is 0 Å². The van der Waals surface area contributed by atoms with Crippen LogP contribution in [0.4, 0.5) is 0 Å². The van der Waals surface area contributed by atoms with Crippen molar-refractivity contribution < 1.29 is 56.3 Å². The van der Waals surface area contributed by atoms with Crippen molar-refractivity contribution in [1.29, 1.82) is 0 Å². The van der Waals surface area contributed by atoms with E-state index in [2.05, 4.69) is 28.1 Å². The van der Waals surface area contributed by atoms with Gasteiger partial charge in [0.25, 0.3) is 21.2 Å². The zero-order valence-corrected chi connectivity index (χ0v) is 17.0. The standard InChI is InChI=1S/C10H15N4O13P3/c15-5-1-7(14-4-13-8-9(14)11-3-12-10(8)16)25-6(5)2-24-29(20,21)27-30(22,23)26-28(17,18)19/h3-7,15H,1-2H2,(H,20,21)(H,22,23)(H,11,12,16)(H2,17,18,19)/p-4. The van der Waals surface area contributed by atoms with Gasteiger partial charge in [0.1, 0.15) is 12.3 Å². The van der Waals surface area contributed by atoms with Crippen LogP contribution in [0.25, 0.3) is 11.2 Å². The Balaban J connectivity index is 1.64. The highest BCUT2D eigenvalue weighted by Crippen LogP contribution is 2.60. The predicted octanol–water partition coefficient (Wildman–Crippen LogP) is -3.42. The Kier molecular flexibility index (Phi) is 6.47. The molecule has 3 heterocycles. The fourth-order valence-corrected chi connectivity index (χ4v) is 5.42. The third-order valence-electron chi connectivity index (χ3n) is 3.68. The number of aromatic nitrogens is 4. The Hall–Kier alpha value is -1.32. The summed E-state index contributed by atoms with van der Waals surface area (Å²) in [5.41, 5.74) is -0.404. The van der Waals surface area contributed by atoms with Crippen molar-refractivity contribution in [3.05, 3.63) is 23.0 Å². The summed E-state index contributed by atoms with van der Waals surface area (Å²) in [6, 6.07) is 0. The topological polar surface area (TPSA) is 264 Å². The molecule has 168 valence electrons. The molecule has 0 radical (unpaired) electrons. The maximum atomic E-state index is 11.7. The summed E-state index contributed by atoms with van der Waals surface area (Å²) in [5, 5.41) is 10.0. The number of nitrogens with zero attached hydrogens (tertiary/aromatic N) is 3. The number of phosphoric ester groups is 1. The maximum Gasteiger partial charge on any atom is 0.278 e. The van der Waals surface area contributed by atoms with Crippen molar-refractivity contribution in [2.75, 3.05) is 6.61 Å². The average Bonchev–Trinajstić information content (AvgIpc) is 3.14. The van der Waals surface area contributed by atoms with Gasteiger partial charge in [-0.1, -0.05) is 0 Å². The molecule has 0 amide bonds. The number of ether oxygens (including phenoxy) is 1. The highest BCUT2D eigenvalue weighted by Gasteiger charge is 2.37. The van der Waals surface area contributed by atoms with Gasteiger partial charge >= 0.3 is 0 Å². The summed E-state index contributed by atoms with van der Waals surface area (Å²) < 4.78 is 50.4. The number of nitrogens with one attached hydrogen (secondary N) is 1. The molecule has 0 saturated carbocycles. The van der Waals surface area contributed by atoms with Gasteiger partial charge in [0.05, 0.1) is 33.2 Å². The van der Waals surface area contributed by atoms with E-state index in [0.717, 1.165) is 6.33 Å². The first-order chi connectivity index (χ1) is 13.8. The van der Waals surface area contributed by atoms with Crippen LogP contribution in [0.1, 0.15) is 12.6 Å². The Morgan fingerprint density at radius 3 is 2.57 bits per heavy atom. The SMILES string of the molecule is O=c1[nH]cnc2c1ncn2C1CC(O)C(COP(=O)([O-])OP(=O)([O-])OP(=O)([O-])[O-])O1. The first-order valence-corrected chi connectivity index (χ1v) is 12.1. The minimum absolute atomic E-state index is 0.00650. The fourth-order valence-electron chi connectivity index (χ4n) is 2.56. The summed E-state index contributed by atoms with van der Waals surface area (Å²) in [4.78, 5) is 65.0. The second-order valence-electron chi connectivity index (χ2n) is 5.79. The molecule has 30 heavy (non-hydrogen) atoms. The number of fused-ring (bicyclic) bond motifs is 1. The zero-order chi connectivity index (χ0) is 22.3. The van der Waals surface area contributed by atoms with E-state index in [-0.39, 0.29) is 17.6 Å². The summed E-state index contributed by atoms with van der Waals surface area (Å²) in [7, 11) is -17.9. The molecule has 5 unspecified atom stereocenters. The Labute approximate surface area is 165 Å². The normalized spacial score (nSPS) is 26.5. The lowest BCUT2D eigenvalue weighted by Gasteiger charge is -2.37. The molecule has 1 aliphatic heterocycles. The third-order valence-corrected chi connectivity index (χ3v) is 7.34. The largest absolute Gasteiger partial charge is 0.790 e. The van der Waals surface area contributed by atoms with Crippen molar-refractivity contribution in [2.24, 2.45) is 0 Å². The molecule has 0 spiro atoms. The molecular weight excluding hydrogens is 477 g/mol. The number of rotatable bonds is 8. The van der Waals surface area contributed by atoms with Crippen LogP contribution in [0, 0.1) is 0 Å². The number of aliphatic hydroxyl groups is 1. The van der Waals surface area contributed by atoms with Crippen molar-refractivity contribution in [3.63, 3.8) is 0 Å². The molecule has 2 aromatic heterocycles. The fraction of sp³-hybridized carbons (Fsp3) is 0.500. The van der Waals surface area contributed by atoms with E-state index < -0.39 is 54.1 Å². The summed E-state index contributed by atoms with van der Waals surface area (Å²) in [6.07, 6.45) is -1.31. The van der Waals surface area contributed by atoms with Gasteiger partial charge in [0.2, 0.25) is 0 Å². The highest BCUT2D eigenvalue weighted by atomic mass is 31.3. The molecule has 0 aliphatic carbocycles. The first kappa shape index (κ1) is 23.3. The minimum atomic E-state index is -6.10. The van der Waals surface area contributed by atoms with Crippen LogP contribution >= 0.6 is 23.5 Å². The predicted molar refractivity (Wildman–Crippen MR) is 83.6 cm³/mol. The Morgan fingerprint density at radius 1 is 1.20 bits per heavy atom. The van der Waals surface area contributed by atoms with Gasteiger partial charge in [0, 0.05) is 6.42 Å². The van der Waals surface area contributed by atoms with Crippen molar-refractivity contribution in [1.82, 2.24) is 19.5 Å². The molecule has 2 aromatic rings. The third kappa shape index (κ3) is 5.68. The molecule has 17 nitrogen and oxygen atoms in total. The number of H-pyrrole nitrogens is 1. The Bertz CT molecular complexity index is 1130. The number of aromatic amines is 1. The van der Waals surface area contributed by atoms with Crippen LogP contribution in [0.5, 0.6) is 0 Å². The van der Waals surface area contributed by atoms with E-state index in [1.165, 1.54) is 10.9 Å². The maximum absolute atomic E-state index is 11.7. The van der Waals surface area contributed by atoms with Crippen molar-refractivity contribution in [2.45, 2.75) is 24.9 Å². The molecule has 5 atom stereocenters. The van der Waals surface area contributed by atoms with Gasteiger partial charge in [-0.25, -0.2) is 14.3 Å². The number of aliphatic hydroxyl groups excluding tert-OH is 1. The molecule has 1 saturated heterocycles. The number of imidazole rings is 1. The lowest BCUT2D eigenvalue weighted by Crippen LogP contribution is -2.27. The van der Waals surface area contributed by atoms with Crippen molar-refractivity contribution >= 4 is 34.6 Å². The molecule has 2 N–H and O–H groups in total. The van der Waals surface area contributed by atoms with Gasteiger partial charge in [-0.05, 0) is 0 Å². The van der Waals surface area contributed by atoms with E-state index in [1.54, 1.807) is 0 Å². The smallest absolute Gasteiger partial charge is 0.278 e. The van der Waals surface area contributed by atoms with E-state index in [0.29, 0.717) is 0 Å². The second kappa shape index (κ2) is 8.31. The average molecular weight is 488 g/mol. The molecule has 0 aromatic carbocycles. The van der Waals surface area contributed by atoms with Gasteiger partial charge in [0.15, 0.2) is 11.2 Å². The van der Waals surface area contributed by atoms with E-state index in [1.807, 2.05) is 0 Å². The monoisotopic (exact) mass is 488 g/mol. The molecule has 1 aliphatic rings. The minimum Gasteiger partial charge on any atom is -0.790 e. The van der Waals surface area contributed by atoms with E-state index in [4.69, 9.17) is 4.74 Å². The first-order valence-electron chi connectivity index (χ1n) is 7.71. The molecule has 0 bridgehead atoms. The quantitative estimate of drug-likeness (QED) is 0.343. The molecule has 3 rings (SSSR count). The van der Waals surface area contributed by atoms with Crippen LogP contribution in [-0.4, -0.2) is 43.4 Å². The molecule has 1 fully saturated rings. The molecule has 20 heteroatoms. The lowest BCUT2D eigenvalue weighted by atomic mass is 10.2. The van der Waals surface area contributed by atoms with Crippen LogP contribution < -0.4 is 25.1 Å². The Morgan fingerprint density at radius 2 is 1.90 bits per heavy atom. The number of phosphoric acid groups is 3. The van der Waals surface area contributed by atoms with Crippen molar-refractivity contribution in [3.8, 4) is 0 Å². The van der Waals surface area contributed by atoms with Crippen LogP contribution in [0.15, 0.2) is 17.4 Å². The van der Waals surface area contributed by atoms with Gasteiger partial charge < -0.3 is 43.5 Å². The van der Waals surface area contributed by atoms with E-state index >= 15 is 0 Å². The highest BCUT2D eigenvalue weighted by molar-refractivity contribution is 7.64. The summed E-state index contributed by atoms with van der Waals surface area (Å²) in [5.74, 6) is 0. The van der Waals surface area contributed by atoms with Gasteiger partial charge in [-0.3, -0.25) is 22.8 Å². The zero-order valence-electron chi connectivity index (χ0n) is 14.3. The molecular formula is C10H11N4O13P3-4. The summed E-state index contributed by atoms with van der Waals surface area (Å²) in [6.45, 7) is -0.939.